The van der Waals surface area contributed by atoms with E-state index in [2.05, 4.69) is 0 Å². The van der Waals surface area contributed by atoms with E-state index in [1.54, 1.807) is 12.1 Å². The minimum atomic E-state index is -4.41. The third kappa shape index (κ3) is 2.68. The molecule has 0 bridgehead atoms. The smallest absolute Gasteiger partial charge is 0.387 e. The molecule has 2 nitrogen and oxygen atoms in total. The molecule has 1 heterocycles. The van der Waals surface area contributed by atoms with Crippen LogP contribution < -0.4 is 0 Å². The van der Waals surface area contributed by atoms with Crippen molar-refractivity contribution in [1.29, 1.82) is 0 Å². The van der Waals surface area contributed by atoms with Gasteiger partial charge in [0.2, 0.25) is 0 Å². The maximum atomic E-state index is 12.6. The van der Waals surface area contributed by atoms with Crippen molar-refractivity contribution in [2.45, 2.75) is 28.8 Å². The molecule has 0 amide bonds. The summed E-state index contributed by atoms with van der Waals surface area (Å²) in [6.07, 6.45) is -5.02. The first-order valence-electron chi connectivity index (χ1n) is 6.71. The van der Waals surface area contributed by atoms with Gasteiger partial charge in [-0.15, -0.1) is 0 Å². The Morgan fingerprint density at radius 3 is 2.32 bits per heavy atom. The van der Waals surface area contributed by atoms with Crippen molar-refractivity contribution < 1.29 is 22.5 Å². The summed E-state index contributed by atoms with van der Waals surface area (Å²) in [5.74, 6) is 0. The highest BCUT2D eigenvalue weighted by molar-refractivity contribution is 7.86. The molecule has 0 saturated heterocycles. The summed E-state index contributed by atoms with van der Waals surface area (Å²) in [6, 6.07) is 11.6. The number of aliphatic hydroxyl groups is 1. The monoisotopic (exact) mass is 326 g/mol. The lowest BCUT2D eigenvalue weighted by atomic mass is 10.00. The molecule has 1 unspecified atom stereocenters. The van der Waals surface area contributed by atoms with E-state index in [1.165, 1.54) is 12.1 Å². The highest BCUT2D eigenvalue weighted by Crippen LogP contribution is 2.36. The van der Waals surface area contributed by atoms with Gasteiger partial charge in [0.25, 0.3) is 0 Å². The molecule has 0 fully saturated rings. The zero-order chi connectivity index (χ0) is 15.9. The molecule has 3 atom stereocenters. The first-order valence-corrected chi connectivity index (χ1v) is 7.93. The average molecular weight is 326 g/mol. The lowest BCUT2D eigenvalue weighted by Gasteiger charge is -2.18. The number of rotatable bonds is 2. The number of fused-ring (bicyclic) bond motifs is 1. The lowest BCUT2D eigenvalue weighted by Crippen LogP contribution is -2.21. The summed E-state index contributed by atoms with van der Waals surface area (Å²) in [5, 5.41) is 9.85. The molecule has 2 aromatic carbocycles. The number of hydrogen-bond donors (Lipinski definition) is 1. The highest BCUT2D eigenvalue weighted by atomic mass is 32.2. The van der Waals surface area contributed by atoms with E-state index < -0.39 is 33.9 Å². The van der Waals surface area contributed by atoms with Crippen LogP contribution in [-0.4, -0.2) is 14.6 Å². The molecule has 1 N–H and O–H groups in total. The molecular formula is C16H13F3O2S. The number of benzene rings is 2. The Morgan fingerprint density at radius 1 is 1.09 bits per heavy atom. The van der Waals surface area contributed by atoms with E-state index in [4.69, 9.17) is 0 Å². The van der Waals surface area contributed by atoms with E-state index >= 15 is 0 Å². The van der Waals surface area contributed by atoms with E-state index in [1.807, 2.05) is 12.1 Å². The molecule has 1 aliphatic heterocycles. The van der Waals surface area contributed by atoms with Crippen molar-refractivity contribution in [3.8, 4) is 0 Å². The third-order valence-electron chi connectivity index (χ3n) is 3.82. The number of aliphatic hydroxyl groups excluding tert-OH is 1. The van der Waals surface area contributed by atoms with Crippen LogP contribution in [0.15, 0.2) is 53.4 Å². The Hall–Kier alpha value is -1.66. The molecule has 1 aliphatic rings. The lowest BCUT2D eigenvalue weighted by molar-refractivity contribution is -0.137. The van der Waals surface area contributed by atoms with Crippen molar-refractivity contribution in [1.82, 2.24) is 0 Å². The van der Waals surface area contributed by atoms with Crippen molar-refractivity contribution in [3.05, 3.63) is 65.2 Å². The van der Waals surface area contributed by atoms with Gasteiger partial charge in [0.15, 0.2) is 0 Å². The number of hydrogen-bond acceptors (Lipinski definition) is 2. The first kappa shape index (κ1) is 15.2. The summed E-state index contributed by atoms with van der Waals surface area (Å²) < 4.78 is 50.1. The van der Waals surface area contributed by atoms with Gasteiger partial charge in [-0.05, 0) is 35.7 Å². The fourth-order valence-corrected chi connectivity index (χ4v) is 4.31. The van der Waals surface area contributed by atoms with Gasteiger partial charge in [-0.25, -0.2) is 0 Å². The van der Waals surface area contributed by atoms with Gasteiger partial charge < -0.3 is 5.11 Å². The third-order valence-corrected chi connectivity index (χ3v) is 5.62. The molecule has 116 valence electrons. The molecule has 0 saturated carbocycles. The fraction of sp³-hybridized carbons (Fsp3) is 0.250. The maximum absolute atomic E-state index is 12.6. The molecule has 3 rings (SSSR count). The van der Waals surface area contributed by atoms with Gasteiger partial charge in [0, 0.05) is 4.90 Å². The predicted octanol–water partition coefficient (Wildman–Crippen LogP) is 3.47. The van der Waals surface area contributed by atoms with Gasteiger partial charge in [0.1, 0.15) is 0 Å². The summed E-state index contributed by atoms with van der Waals surface area (Å²) in [6.45, 7) is 0. The summed E-state index contributed by atoms with van der Waals surface area (Å²) in [4.78, 5) is 0.693. The van der Waals surface area contributed by atoms with E-state index in [9.17, 15) is 22.5 Å². The van der Waals surface area contributed by atoms with Crippen LogP contribution in [0.1, 0.15) is 22.8 Å². The van der Waals surface area contributed by atoms with E-state index in [-0.39, 0.29) is 0 Å². The molecule has 22 heavy (non-hydrogen) atoms. The second kappa shape index (κ2) is 5.52. The van der Waals surface area contributed by atoms with Crippen LogP contribution in [0.3, 0.4) is 0 Å². The standard InChI is InChI=1S/C16H13F3O2S/c17-16(18,19)12-7-5-10(6-8-12)15(20)14-9-11-3-1-2-4-13(11)22(14)21/h1-8,14-15,20H,9H2/t14-,15+,22?/m0/s1. The minimum absolute atomic E-state index is 0.346. The summed E-state index contributed by atoms with van der Waals surface area (Å²) >= 11 is 0. The Morgan fingerprint density at radius 2 is 1.73 bits per heavy atom. The molecule has 6 heteroatoms. The Kier molecular flexibility index (Phi) is 3.82. The molecule has 0 radical (unpaired) electrons. The van der Waals surface area contributed by atoms with Crippen LogP contribution >= 0.6 is 0 Å². The van der Waals surface area contributed by atoms with E-state index in [0.717, 1.165) is 17.7 Å². The largest absolute Gasteiger partial charge is 0.416 e. The van der Waals surface area contributed by atoms with Crippen molar-refractivity contribution >= 4 is 10.8 Å². The first-order chi connectivity index (χ1) is 10.4. The second-order valence-corrected chi connectivity index (χ2v) is 6.85. The average Bonchev–Trinajstić information content (AvgIpc) is 2.83. The molecule has 0 spiro atoms. The SMILES string of the molecule is O=S1c2ccccc2C[C@H]1[C@H](O)c1ccc(C(F)(F)F)cc1. The van der Waals surface area contributed by atoms with Gasteiger partial charge in [-0.3, -0.25) is 4.21 Å². The van der Waals surface area contributed by atoms with Crippen LogP contribution in [0.5, 0.6) is 0 Å². The summed E-state index contributed by atoms with van der Waals surface area (Å²) in [5.41, 5.74) is 0.496. The molecule has 0 aliphatic carbocycles. The quantitative estimate of drug-likeness (QED) is 0.917. The Balaban J connectivity index is 1.84. The van der Waals surface area contributed by atoms with Crippen LogP contribution in [0, 0.1) is 0 Å². The van der Waals surface area contributed by atoms with Crippen LogP contribution in [0.4, 0.5) is 13.2 Å². The zero-order valence-corrected chi connectivity index (χ0v) is 12.2. The fourth-order valence-electron chi connectivity index (χ4n) is 2.64. The van der Waals surface area contributed by atoms with Crippen LogP contribution in [0.25, 0.3) is 0 Å². The second-order valence-electron chi connectivity index (χ2n) is 5.21. The summed E-state index contributed by atoms with van der Waals surface area (Å²) in [7, 11) is -1.36. The predicted molar refractivity (Wildman–Crippen MR) is 76.7 cm³/mol. The topological polar surface area (TPSA) is 37.3 Å². The molecule has 0 aromatic heterocycles. The van der Waals surface area contributed by atoms with Crippen LogP contribution in [-0.2, 0) is 23.4 Å². The van der Waals surface area contributed by atoms with Crippen molar-refractivity contribution in [3.63, 3.8) is 0 Å². The highest BCUT2D eigenvalue weighted by Gasteiger charge is 2.36. The van der Waals surface area contributed by atoms with Crippen molar-refractivity contribution in [2.75, 3.05) is 0 Å². The van der Waals surface area contributed by atoms with Gasteiger partial charge in [0.05, 0.1) is 27.7 Å². The molecule has 2 aromatic rings. The van der Waals surface area contributed by atoms with Gasteiger partial charge >= 0.3 is 6.18 Å². The molecular weight excluding hydrogens is 313 g/mol. The minimum Gasteiger partial charge on any atom is -0.387 e. The van der Waals surface area contributed by atoms with Crippen LogP contribution in [0.2, 0.25) is 0 Å². The Bertz CT molecular complexity index is 710. The van der Waals surface area contributed by atoms with Gasteiger partial charge in [-0.2, -0.15) is 13.2 Å². The number of alkyl halides is 3. The van der Waals surface area contributed by atoms with Crippen molar-refractivity contribution in [2.24, 2.45) is 0 Å². The van der Waals surface area contributed by atoms with E-state index in [0.29, 0.717) is 16.9 Å². The zero-order valence-electron chi connectivity index (χ0n) is 11.4. The Labute approximate surface area is 128 Å². The maximum Gasteiger partial charge on any atom is 0.416 e. The number of halogens is 3. The van der Waals surface area contributed by atoms with Gasteiger partial charge in [-0.1, -0.05) is 30.3 Å². The normalized spacial score (nSPS) is 22.4.